The Morgan fingerprint density at radius 1 is 0.842 bits per heavy atom. The normalized spacial score (nSPS) is 11.5. The van der Waals surface area contributed by atoms with Crippen molar-refractivity contribution in [1.82, 2.24) is 4.98 Å². The van der Waals surface area contributed by atoms with Gasteiger partial charge in [0.25, 0.3) is 0 Å². The highest BCUT2D eigenvalue weighted by atomic mass is 28.3. The van der Waals surface area contributed by atoms with Gasteiger partial charge in [-0.25, -0.2) is 0 Å². The predicted molar refractivity (Wildman–Crippen MR) is 86.7 cm³/mol. The van der Waals surface area contributed by atoms with Gasteiger partial charge in [-0.05, 0) is 29.9 Å². The zero-order chi connectivity index (χ0) is 13.6. The fourth-order valence-corrected chi connectivity index (χ4v) is 5.57. The van der Waals surface area contributed by atoms with Crippen molar-refractivity contribution >= 4 is 18.6 Å². The summed E-state index contributed by atoms with van der Waals surface area (Å²) < 4.78 is 0. The van der Waals surface area contributed by atoms with Gasteiger partial charge in [0.15, 0.2) is 8.24 Å². The Morgan fingerprint density at radius 2 is 1.32 bits per heavy atom. The van der Waals surface area contributed by atoms with Crippen LogP contribution in [-0.2, 0) is 0 Å². The van der Waals surface area contributed by atoms with Gasteiger partial charge in [0, 0.05) is 0 Å². The molecule has 0 spiro atoms. The highest BCUT2D eigenvalue weighted by Crippen LogP contribution is 2.03. The molecule has 0 aliphatic rings. The lowest BCUT2D eigenvalue weighted by atomic mass is 10.3. The molecular weight excluding hydrogens is 246 g/mol. The summed E-state index contributed by atoms with van der Waals surface area (Å²) in [7, 11) is -1.79. The lowest BCUT2D eigenvalue weighted by molar-refractivity contribution is 0.759. The van der Waals surface area contributed by atoms with Gasteiger partial charge in [0.05, 0.1) is 0 Å². The average Bonchev–Trinajstić information content (AvgIpc) is 2.49. The molecule has 1 N–H and O–H groups in total. The minimum Gasteiger partial charge on any atom is -0.330 e. The first-order valence-electron chi connectivity index (χ1n) is 7.13. The van der Waals surface area contributed by atoms with Crippen molar-refractivity contribution in [3.63, 3.8) is 0 Å². The lowest BCUT2D eigenvalue weighted by Gasteiger charge is -2.29. The van der Waals surface area contributed by atoms with E-state index in [9.17, 15) is 0 Å². The van der Waals surface area contributed by atoms with Crippen LogP contribution in [0.2, 0.25) is 6.55 Å². The summed E-state index contributed by atoms with van der Waals surface area (Å²) in [5, 5.41) is 2.91. The number of hydrogen-bond acceptors (Lipinski definition) is 1. The summed E-state index contributed by atoms with van der Waals surface area (Å²) in [5.41, 5.74) is 0. The van der Waals surface area contributed by atoms with E-state index in [1.54, 1.807) is 0 Å². The molecule has 0 saturated carbocycles. The van der Waals surface area contributed by atoms with E-state index in [0.717, 1.165) is 6.54 Å². The summed E-state index contributed by atoms with van der Waals surface area (Å²) >= 11 is 0. The minimum absolute atomic E-state index is 1.10. The minimum atomic E-state index is -1.79. The van der Waals surface area contributed by atoms with E-state index >= 15 is 0 Å². The van der Waals surface area contributed by atoms with Gasteiger partial charge < -0.3 is 4.98 Å². The molecule has 2 aromatic carbocycles. The maximum absolute atomic E-state index is 3.87. The first kappa shape index (κ1) is 14.0. The first-order valence-corrected chi connectivity index (χ1v) is 9.63. The smallest absolute Gasteiger partial charge is 0.186 e. The van der Waals surface area contributed by atoms with Crippen LogP contribution in [0.3, 0.4) is 0 Å². The van der Waals surface area contributed by atoms with Gasteiger partial charge in [0.2, 0.25) is 0 Å². The average molecular weight is 269 g/mol. The first-order chi connectivity index (χ1) is 9.27. The zero-order valence-electron chi connectivity index (χ0n) is 11.9. The van der Waals surface area contributed by atoms with Gasteiger partial charge >= 0.3 is 0 Å². The van der Waals surface area contributed by atoms with E-state index in [0.29, 0.717) is 0 Å². The van der Waals surface area contributed by atoms with Crippen molar-refractivity contribution in [3.8, 4) is 0 Å². The fraction of sp³-hybridized carbons (Fsp3) is 0.294. The quantitative estimate of drug-likeness (QED) is 0.628. The Bertz CT molecular complexity index is 442. The summed E-state index contributed by atoms with van der Waals surface area (Å²) in [5.74, 6) is 0. The largest absolute Gasteiger partial charge is 0.330 e. The fourth-order valence-electron chi connectivity index (χ4n) is 2.43. The number of nitrogens with one attached hydrogen (secondary N) is 1. The van der Waals surface area contributed by atoms with Crippen molar-refractivity contribution in [3.05, 3.63) is 60.7 Å². The van der Waals surface area contributed by atoms with E-state index < -0.39 is 8.24 Å². The Kier molecular flexibility index (Phi) is 4.94. The van der Waals surface area contributed by atoms with Gasteiger partial charge in [-0.3, -0.25) is 0 Å². The van der Waals surface area contributed by atoms with Gasteiger partial charge in [-0.2, -0.15) is 0 Å². The number of unbranched alkanes of at least 4 members (excludes halogenated alkanes) is 1. The third kappa shape index (κ3) is 3.34. The van der Waals surface area contributed by atoms with Crippen molar-refractivity contribution in [2.45, 2.75) is 26.3 Å². The number of benzene rings is 2. The second-order valence-electron chi connectivity index (χ2n) is 5.14. The number of hydrogen-bond donors (Lipinski definition) is 1. The molecule has 0 heterocycles. The molecule has 0 radical (unpaired) electrons. The summed E-state index contributed by atoms with van der Waals surface area (Å²) in [4.78, 5) is 3.87. The van der Waals surface area contributed by atoms with Crippen molar-refractivity contribution < 1.29 is 0 Å². The Balaban J connectivity index is 2.33. The van der Waals surface area contributed by atoms with Crippen LogP contribution >= 0.6 is 0 Å². The molecule has 0 fully saturated rings. The SMILES string of the molecule is CCCCN[Si](C)(c1ccccc1)c1ccccc1. The monoisotopic (exact) mass is 269 g/mol. The molecule has 100 valence electrons. The van der Waals surface area contributed by atoms with Crippen LogP contribution in [0.1, 0.15) is 19.8 Å². The molecule has 0 aliphatic heterocycles. The Morgan fingerprint density at radius 3 is 1.74 bits per heavy atom. The van der Waals surface area contributed by atoms with Crippen LogP contribution in [0.15, 0.2) is 60.7 Å². The van der Waals surface area contributed by atoms with Crippen LogP contribution < -0.4 is 15.4 Å². The van der Waals surface area contributed by atoms with Crippen LogP contribution in [0.5, 0.6) is 0 Å². The molecule has 0 unspecified atom stereocenters. The molecule has 2 heteroatoms. The van der Waals surface area contributed by atoms with Crippen molar-refractivity contribution in [1.29, 1.82) is 0 Å². The van der Waals surface area contributed by atoms with E-state index in [4.69, 9.17) is 0 Å². The molecule has 0 aromatic heterocycles. The maximum Gasteiger partial charge on any atom is 0.186 e. The Labute approximate surface area is 117 Å². The van der Waals surface area contributed by atoms with Crippen LogP contribution in [0.25, 0.3) is 0 Å². The van der Waals surface area contributed by atoms with E-state index in [2.05, 4.69) is 79.1 Å². The molecule has 1 nitrogen and oxygen atoms in total. The zero-order valence-corrected chi connectivity index (χ0v) is 12.9. The van der Waals surface area contributed by atoms with Gasteiger partial charge in [-0.15, -0.1) is 0 Å². The van der Waals surface area contributed by atoms with Crippen LogP contribution in [0.4, 0.5) is 0 Å². The lowest BCUT2D eigenvalue weighted by Crippen LogP contribution is -2.66. The molecule has 0 saturated heterocycles. The topological polar surface area (TPSA) is 12.0 Å². The standard InChI is InChI=1S/C17H23NSi/c1-3-4-15-18-19(2,16-11-7-5-8-12-16)17-13-9-6-10-14-17/h5-14,18H,3-4,15H2,1-2H3. The van der Waals surface area contributed by atoms with Gasteiger partial charge in [0.1, 0.15) is 0 Å². The highest BCUT2D eigenvalue weighted by molar-refractivity contribution is 6.99. The molecule has 0 bridgehead atoms. The summed E-state index contributed by atoms with van der Waals surface area (Å²) in [6.07, 6.45) is 2.48. The third-order valence-corrected chi connectivity index (χ3v) is 7.64. The molecule has 19 heavy (non-hydrogen) atoms. The van der Waals surface area contributed by atoms with Crippen LogP contribution in [-0.4, -0.2) is 14.8 Å². The molecule has 2 aromatic rings. The molecule has 0 amide bonds. The highest BCUT2D eigenvalue weighted by Gasteiger charge is 2.31. The Hall–Kier alpha value is -1.38. The predicted octanol–water partition coefficient (Wildman–Crippen LogP) is 2.77. The molecule has 0 atom stereocenters. The maximum atomic E-state index is 3.87. The molecule has 0 aliphatic carbocycles. The van der Waals surface area contributed by atoms with Gasteiger partial charge in [-0.1, -0.05) is 74.0 Å². The summed E-state index contributed by atoms with van der Waals surface area (Å²) in [6.45, 7) is 5.75. The second-order valence-corrected chi connectivity index (χ2v) is 8.90. The molecule has 2 rings (SSSR count). The van der Waals surface area contributed by atoms with Crippen molar-refractivity contribution in [2.24, 2.45) is 0 Å². The van der Waals surface area contributed by atoms with E-state index in [-0.39, 0.29) is 0 Å². The van der Waals surface area contributed by atoms with Crippen LogP contribution in [0, 0.1) is 0 Å². The second kappa shape index (κ2) is 6.69. The molecular formula is C17H23NSi. The number of rotatable bonds is 6. The van der Waals surface area contributed by atoms with E-state index in [1.165, 1.54) is 23.2 Å². The summed E-state index contributed by atoms with van der Waals surface area (Å²) in [6, 6.07) is 21.8. The third-order valence-electron chi connectivity index (χ3n) is 3.71. The van der Waals surface area contributed by atoms with Crippen molar-refractivity contribution in [2.75, 3.05) is 6.54 Å². The van der Waals surface area contributed by atoms with E-state index in [1.807, 2.05) is 0 Å².